The first-order valence-electron chi connectivity index (χ1n) is 7.66. The zero-order valence-corrected chi connectivity index (χ0v) is 13.7. The van der Waals surface area contributed by atoms with Crippen molar-refractivity contribution < 1.29 is 9.90 Å². The second kappa shape index (κ2) is 11.7. The van der Waals surface area contributed by atoms with Gasteiger partial charge < -0.3 is 10.8 Å². The number of ketones is 1. The molecule has 0 amide bonds. The molecule has 0 aromatic heterocycles. The lowest BCUT2D eigenvalue weighted by Gasteiger charge is -2.08. The second-order valence-electron chi connectivity index (χ2n) is 5.43. The number of aliphatic hydroxyl groups excluding tert-OH is 1. The molecule has 0 saturated heterocycles. The van der Waals surface area contributed by atoms with Crippen LogP contribution in [0.3, 0.4) is 0 Å². The number of benzene rings is 1. The Labute approximate surface area is 134 Å². The third-order valence-electron chi connectivity index (χ3n) is 3.52. The number of hydrogen-bond acceptors (Lipinski definition) is 3. The Morgan fingerprint density at radius 1 is 1.14 bits per heavy atom. The molecule has 1 aromatic rings. The summed E-state index contributed by atoms with van der Waals surface area (Å²) in [6.45, 7) is 2.17. The van der Waals surface area contributed by atoms with Gasteiger partial charge in [0.05, 0.1) is 6.61 Å². The molecule has 120 valence electrons. The van der Waals surface area contributed by atoms with Crippen molar-refractivity contribution in [1.82, 2.24) is 0 Å². The van der Waals surface area contributed by atoms with Crippen LogP contribution in [-0.4, -0.2) is 23.5 Å². The molecule has 0 heterocycles. The summed E-state index contributed by atoms with van der Waals surface area (Å²) in [5, 5.41) is 8.92. The highest BCUT2D eigenvalue weighted by atomic mass is 35.5. The van der Waals surface area contributed by atoms with Crippen LogP contribution in [0.5, 0.6) is 0 Å². The first-order valence-corrected chi connectivity index (χ1v) is 7.66. The molecule has 1 rings (SSSR count). The number of hydrogen-bond donors (Lipinski definition) is 2. The zero-order chi connectivity index (χ0) is 14.8. The molecule has 3 N–H and O–H groups in total. The molecular weight excluding hydrogens is 286 g/mol. The van der Waals surface area contributed by atoms with E-state index in [1.807, 2.05) is 24.3 Å². The topological polar surface area (TPSA) is 63.3 Å². The summed E-state index contributed by atoms with van der Waals surface area (Å²) in [5.41, 5.74) is 7.53. The van der Waals surface area contributed by atoms with Crippen molar-refractivity contribution in [2.24, 2.45) is 5.73 Å². The fourth-order valence-electron chi connectivity index (χ4n) is 2.23. The Morgan fingerprint density at radius 3 is 2.33 bits per heavy atom. The number of unbranched alkanes of at least 4 members (excludes halogenated alkanes) is 4. The van der Waals surface area contributed by atoms with Gasteiger partial charge in [-0.25, -0.2) is 0 Å². The average Bonchev–Trinajstić information content (AvgIpc) is 2.47. The van der Waals surface area contributed by atoms with Crippen LogP contribution in [0, 0.1) is 0 Å². The van der Waals surface area contributed by atoms with Crippen LogP contribution in [0.2, 0.25) is 0 Å². The molecule has 0 aliphatic carbocycles. The lowest BCUT2D eigenvalue weighted by molar-refractivity contribution is 0.0979. The van der Waals surface area contributed by atoms with Crippen LogP contribution in [0.25, 0.3) is 0 Å². The molecule has 0 bridgehead atoms. The van der Waals surface area contributed by atoms with Gasteiger partial charge in [0.2, 0.25) is 0 Å². The summed E-state index contributed by atoms with van der Waals surface area (Å²) >= 11 is 0. The standard InChI is InChI=1S/C17H27NO2.ClH/c1-2-3-4-5-6-7-17(20)15-10-8-14(9-11-15)12-16(18)13-19;/h8-11,16,19H,2-7,12-13,18H2,1H3;1H/t16-;/m0./s1. The largest absolute Gasteiger partial charge is 0.395 e. The fraction of sp³-hybridized carbons (Fsp3) is 0.588. The van der Waals surface area contributed by atoms with E-state index >= 15 is 0 Å². The Kier molecular flexibility index (Phi) is 11.2. The Bertz CT molecular complexity index is 392. The number of halogens is 1. The molecule has 21 heavy (non-hydrogen) atoms. The first-order chi connectivity index (χ1) is 9.67. The third kappa shape index (κ3) is 8.20. The van der Waals surface area contributed by atoms with Gasteiger partial charge in [0.25, 0.3) is 0 Å². The van der Waals surface area contributed by atoms with Crippen molar-refractivity contribution in [2.45, 2.75) is 57.9 Å². The van der Waals surface area contributed by atoms with Gasteiger partial charge in [0.15, 0.2) is 5.78 Å². The van der Waals surface area contributed by atoms with E-state index in [1.165, 1.54) is 19.3 Å². The summed E-state index contributed by atoms with van der Waals surface area (Å²) in [4.78, 5) is 12.0. The van der Waals surface area contributed by atoms with E-state index in [9.17, 15) is 4.79 Å². The van der Waals surface area contributed by atoms with Crippen LogP contribution in [-0.2, 0) is 6.42 Å². The van der Waals surface area contributed by atoms with E-state index in [0.717, 1.165) is 24.0 Å². The van der Waals surface area contributed by atoms with E-state index in [-0.39, 0.29) is 30.8 Å². The predicted octanol–water partition coefficient (Wildman–Crippen LogP) is 3.51. The van der Waals surface area contributed by atoms with Crippen molar-refractivity contribution in [3.63, 3.8) is 0 Å². The van der Waals surface area contributed by atoms with E-state index in [2.05, 4.69) is 6.92 Å². The molecule has 3 nitrogen and oxygen atoms in total. The number of aliphatic hydroxyl groups is 1. The van der Waals surface area contributed by atoms with Gasteiger partial charge in [-0.3, -0.25) is 4.79 Å². The normalized spacial score (nSPS) is 11.8. The van der Waals surface area contributed by atoms with Crippen LogP contribution >= 0.6 is 12.4 Å². The van der Waals surface area contributed by atoms with Crippen LogP contribution in [0.15, 0.2) is 24.3 Å². The molecule has 1 atom stereocenters. The van der Waals surface area contributed by atoms with Gasteiger partial charge in [0, 0.05) is 18.0 Å². The summed E-state index contributed by atoms with van der Waals surface area (Å²) in [7, 11) is 0. The van der Waals surface area contributed by atoms with Gasteiger partial charge in [-0.2, -0.15) is 0 Å². The summed E-state index contributed by atoms with van der Waals surface area (Å²) in [5.74, 6) is 0.222. The lowest BCUT2D eigenvalue weighted by Crippen LogP contribution is -2.26. The number of rotatable bonds is 10. The number of nitrogens with two attached hydrogens (primary N) is 1. The summed E-state index contributed by atoms with van der Waals surface area (Å²) in [6, 6.07) is 7.37. The molecule has 4 heteroatoms. The molecule has 0 radical (unpaired) electrons. The fourth-order valence-corrected chi connectivity index (χ4v) is 2.23. The van der Waals surface area contributed by atoms with Crippen molar-refractivity contribution in [2.75, 3.05) is 6.61 Å². The zero-order valence-electron chi connectivity index (χ0n) is 12.9. The van der Waals surface area contributed by atoms with E-state index in [1.54, 1.807) is 0 Å². The van der Waals surface area contributed by atoms with Crippen LogP contribution < -0.4 is 5.73 Å². The van der Waals surface area contributed by atoms with Crippen LogP contribution in [0.1, 0.15) is 61.4 Å². The number of carbonyl (C=O) groups is 1. The Hall–Kier alpha value is -0.900. The van der Waals surface area contributed by atoms with E-state index in [4.69, 9.17) is 10.8 Å². The van der Waals surface area contributed by atoms with Gasteiger partial charge in [-0.05, 0) is 18.4 Å². The maximum Gasteiger partial charge on any atom is 0.162 e. The summed E-state index contributed by atoms with van der Waals surface area (Å²) in [6.07, 6.45) is 7.11. The molecule has 1 aromatic carbocycles. The van der Waals surface area contributed by atoms with Gasteiger partial charge in [0.1, 0.15) is 0 Å². The molecular formula is C17H28ClNO2. The maximum absolute atomic E-state index is 12.0. The quantitative estimate of drug-likeness (QED) is 0.513. The van der Waals surface area contributed by atoms with Gasteiger partial charge in [-0.15, -0.1) is 12.4 Å². The van der Waals surface area contributed by atoms with Crippen molar-refractivity contribution in [3.05, 3.63) is 35.4 Å². The van der Waals surface area contributed by atoms with Gasteiger partial charge in [-0.1, -0.05) is 56.9 Å². The molecule has 0 unspecified atom stereocenters. The van der Waals surface area contributed by atoms with E-state index in [0.29, 0.717) is 12.8 Å². The second-order valence-corrected chi connectivity index (χ2v) is 5.43. The molecule has 0 fully saturated rings. The smallest absolute Gasteiger partial charge is 0.162 e. The number of carbonyl (C=O) groups excluding carboxylic acids is 1. The SMILES string of the molecule is CCCCCCCC(=O)c1ccc(C[C@H](N)CO)cc1.Cl. The minimum Gasteiger partial charge on any atom is -0.395 e. The molecule has 0 aliphatic heterocycles. The van der Waals surface area contributed by atoms with Crippen LogP contribution in [0.4, 0.5) is 0 Å². The highest BCUT2D eigenvalue weighted by molar-refractivity contribution is 5.96. The summed E-state index contributed by atoms with van der Waals surface area (Å²) < 4.78 is 0. The lowest BCUT2D eigenvalue weighted by atomic mass is 10.0. The molecule has 0 aliphatic rings. The minimum atomic E-state index is -0.227. The average molecular weight is 314 g/mol. The molecule has 0 saturated carbocycles. The third-order valence-corrected chi connectivity index (χ3v) is 3.52. The number of Topliss-reactive ketones (excluding diaryl/α,β-unsaturated/α-hetero) is 1. The monoisotopic (exact) mass is 313 g/mol. The van der Waals surface area contributed by atoms with E-state index < -0.39 is 0 Å². The van der Waals surface area contributed by atoms with Crippen molar-refractivity contribution in [3.8, 4) is 0 Å². The maximum atomic E-state index is 12.0. The minimum absolute atomic E-state index is 0. The predicted molar refractivity (Wildman–Crippen MR) is 90.2 cm³/mol. The highest BCUT2D eigenvalue weighted by Gasteiger charge is 2.07. The highest BCUT2D eigenvalue weighted by Crippen LogP contribution is 2.12. The molecule has 0 spiro atoms. The van der Waals surface area contributed by atoms with Crippen molar-refractivity contribution in [1.29, 1.82) is 0 Å². The Balaban J connectivity index is 0.00000400. The Morgan fingerprint density at radius 2 is 1.76 bits per heavy atom. The van der Waals surface area contributed by atoms with Crippen molar-refractivity contribution >= 4 is 18.2 Å². The first kappa shape index (κ1) is 20.1. The van der Waals surface area contributed by atoms with Gasteiger partial charge >= 0.3 is 0 Å².